The lowest BCUT2D eigenvalue weighted by atomic mass is 10.0. The van der Waals surface area contributed by atoms with Crippen molar-refractivity contribution in [1.29, 1.82) is 5.26 Å². The maximum absolute atomic E-state index is 12.7. The summed E-state index contributed by atoms with van der Waals surface area (Å²) in [6, 6.07) is 12.9. The molecule has 1 fully saturated rings. The molecule has 2 aromatic heterocycles. The van der Waals surface area contributed by atoms with E-state index in [4.69, 9.17) is 9.72 Å². The van der Waals surface area contributed by atoms with Crippen molar-refractivity contribution in [3.05, 3.63) is 53.3 Å². The molecule has 164 valence electrons. The number of rotatable bonds is 4. The number of aromatic nitrogens is 2. The van der Waals surface area contributed by atoms with Gasteiger partial charge in [-0.3, -0.25) is 10.3 Å². The lowest BCUT2D eigenvalue weighted by molar-refractivity contribution is 0.0564. The van der Waals surface area contributed by atoms with E-state index in [2.05, 4.69) is 16.4 Å². The number of urea groups is 1. The third-order valence-electron chi connectivity index (χ3n) is 5.07. The normalized spacial score (nSPS) is 14.6. The highest BCUT2D eigenvalue weighted by atomic mass is 32.1. The predicted molar refractivity (Wildman–Crippen MR) is 122 cm³/mol. The average Bonchev–Trinajstić information content (AvgIpc) is 3.23. The van der Waals surface area contributed by atoms with E-state index >= 15 is 0 Å². The zero-order chi connectivity index (χ0) is 22.7. The van der Waals surface area contributed by atoms with Gasteiger partial charge in [-0.2, -0.15) is 5.26 Å². The Morgan fingerprint density at radius 1 is 1.25 bits per heavy atom. The van der Waals surface area contributed by atoms with E-state index in [9.17, 15) is 15.2 Å². The summed E-state index contributed by atoms with van der Waals surface area (Å²) in [5, 5.41) is 22.7. The lowest BCUT2D eigenvalue weighted by Crippen LogP contribution is -2.43. The predicted octanol–water partition coefficient (Wildman–Crippen LogP) is 3.97. The van der Waals surface area contributed by atoms with Crippen LogP contribution in [0.15, 0.2) is 36.4 Å². The number of benzene rings is 1. The Balaban J connectivity index is 1.77. The van der Waals surface area contributed by atoms with Crippen molar-refractivity contribution < 1.29 is 14.6 Å². The first-order valence-corrected chi connectivity index (χ1v) is 11.1. The van der Waals surface area contributed by atoms with E-state index in [1.54, 1.807) is 24.0 Å². The van der Waals surface area contributed by atoms with Crippen LogP contribution in [0.2, 0.25) is 0 Å². The monoisotopic (exact) mass is 449 g/mol. The fourth-order valence-electron chi connectivity index (χ4n) is 3.48. The molecule has 0 unspecified atom stereocenters. The minimum atomic E-state index is -0.715. The Bertz CT molecular complexity index is 1180. The third-order valence-corrected chi connectivity index (χ3v) is 6.09. The fourth-order valence-corrected chi connectivity index (χ4v) is 4.44. The van der Waals surface area contributed by atoms with Gasteiger partial charge in [0.15, 0.2) is 5.13 Å². The molecule has 2 amide bonds. The van der Waals surface area contributed by atoms with Gasteiger partial charge in [-0.05, 0) is 43.7 Å². The first-order chi connectivity index (χ1) is 15.4. The maximum atomic E-state index is 12.7. The number of nitriles is 1. The van der Waals surface area contributed by atoms with E-state index in [0.717, 1.165) is 21.7 Å². The largest absolute Gasteiger partial charge is 0.387 e. The molecule has 1 saturated heterocycles. The Labute approximate surface area is 190 Å². The maximum Gasteiger partial charge on any atom is 0.323 e. The van der Waals surface area contributed by atoms with Crippen molar-refractivity contribution in [2.75, 3.05) is 31.6 Å². The van der Waals surface area contributed by atoms with Crippen molar-refractivity contribution in [3.8, 4) is 27.8 Å². The number of carbonyl (C=O) groups excluding carboxylic acids is 1. The van der Waals surface area contributed by atoms with Crippen molar-refractivity contribution >= 4 is 22.5 Å². The van der Waals surface area contributed by atoms with Crippen LogP contribution in [0, 0.1) is 18.3 Å². The van der Waals surface area contributed by atoms with Gasteiger partial charge in [0.25, 0.3) is 0 Å². The summed E-state index contributed by atoms with van der Waals surface area (Å²) in [6.45, 7) is 5.63. The molecule has 4 rings (SSSR count). The molecule has 0 aliphatic carbocycles. The molecule has 8 nitrogen and oxygen atoms in total. The van der Waals surface area contributed by atoms with E-state index in [-0.39, 0.29) is 6.03 Å². The minimum Gasteiger partial charge on any atom is -0.387 e. The summed E-state index contributed by atoms with van der Waals surface area (Å²) in [4.78, 5) is 24.3. The number of nitrogens with zero attached hydrogens (tertiary/aromatic N) is 4. The third kappa shape index (κ3) is 4.78. The molecule has 0 bridgehead atoms. The number of ether oxygens (including phenoxy) is 1. The van der Waals surface area contributed by atoms with Crippen molar-refractivity contribution in [2.45, 2.75) is 20.0 Å². The molecule has 9 heteroatoms. The average molecular weight is 450 g/mol. The smallest absolute Gasteiger partial charge is 0.323 e. The quantitative estimate of drug-likeness (QED) is 0.623. The van der Waals surface area contributed by atoms with E-state index in [1.807, 2.05) is 31.2 Å². The van der Waals surface area contributed by atoms with Crippen LogP contribution in [-0.2, 0) is 4.74 Å². The number of amides is 2. The van der Waals surface area contributed by atoms with Crippen LogP contribution in [0.3, 0.4) is 0 Å². The molecule has 1 aliphatic heterocycles. The van der Waals surface area contributed by atoms with Crippen molar-refractivity contribution in [1.82, 2.24) is 14.9 Å². The Kier molecular flexibility index (Phi) is 6.46. The van der Waals surface area contributed by atoms with Gasteiger partial charge >= 0.3 is 6.03 Å². The van der Waals surface area contributed by atoms with Gasteiger partial charge in [0.1, 0.15) is 0 Å². The molecular weight excluding hydrogens is 426 g/mol. The number of pyridine rings is 1. The highest BCUT2D eigenvalue weighted by Gasteiger charge is 2.21. The van der Waals surface area contributed by atoms with Gasteiger partial charge in [-0.25, -0.2) is 9.78 Å². The molecule has 3 heterocycles. The summed E-state index contributed by atoms with van der Waals surface area (Å²) in [7, 11) is 0. The highest BCUT2D eigenvalue weighted by Crippen LogP contribution is 2.40. The molecule has 3 aromatic rings. The SMILES string of the molecule is Cc1cc(-c2sc(NC(=O)N3CCOCC3)nc2-c2cccc(C#N)c2)cc([C@@H](C)O)n1. The number of thiazole rings is 1. The number of aliphatic hydroxyl groups excluding tert-OH is 1. The number of aliphatic hydroxyl groups is 1. The second-order valence-corrected chi connectivity index (χ2v) is 8.52. The number of carbonyl (C=O) groups is 1. The summed E-state index contributed by atoms with van der Waals surface area (Å²) in [5.74, 6) is 0. The first-order valence-electron chi connectivity index (χ1n) is 10.3. The minimum absolute atomic E-state index is 0.221. The molecule has 1 aromatic carbocycles. The molecule has 0 radical (unpaired) electrons. The molecular formula is C23H23N5O3S. The molecule has 2 N–H and O–H groups in total. The summed E-state index contributed by atoms with van der Waals surface area (Å²) in [5.41, 5.74) is 4.12. The fraction of sp³-hybridized carbons (Fsp3) is 0.304. The van der Waals surface area contributed by atoms with E-state index in [0.29, 0.717) is 48.4 Å². The number of anilines is 1. The van der Waals surface area contributed by atoms with Gasteiger partial charge in [-0.1, -0.05) is 23.5 Å². The first kappa shape index (κ1) is 21.9. The van der Waals surface area contributed by atoms with Crippen LogP contribution in [0.4, 0.5) is 9.93 Å². The zero-order valence-electron chi connectivity index (χ0n) is 17.8. The van der Waals surface area contributed by atoms with Crippen LogP contribution >= 0.6 is 11.3 Å². The van der Waals surface area contributed by atoms with Crippen molar-refractivity contribution in [2.24, 2.45) is 0 Å². The van der Waals surface area contributed by atoms with Crippen LogP contribution < -0.4 is 5.32 Å². The second kappa shape index (κ2) is 9.44. The van der Waals surface area contributed by atoms with E-state index in [1.165, 1.54) is 11.3 Å². The number of hydrogen-bond acceptors (Lipinski definition) is 7. The van der Waals surface area contributed by atoms with E-state index < -0.39 is 6.10 Å². The number of aryl methyl sites for hydroxylation is 1. The van der Waals surface area contributed by atoms with Gasteiger partial charge in [0.05, 0.1) is 47.2 Å². The zero-order valence-corrected chi connectivity index (χ0v) is 18.6. The van der Waals surface area contributed by atoms with Crippen LogP contribution in [-0.4, -0.2) is 52.3 Å². The molecule has 1 aliphatic rings. The molecule has 32 heavy (non-hydrogen) atoms. The summed E-state index contributed by atoms with van der Waals surface area (Å²) < 4.78 is 5.32. The second-order valence-electron chi connectivity index (χ2n) is 7.52. The lowest BCUT2D eigenvalue weighted by Gasteiger charge is -2.26. The van der Waals surface area contributed by atoms with Crippen LogP contribution in [0.5, 0.6) is 0 Å². The van der Waals surface area contributed by atoms with Crippen molar-refractivity contribution in [3.63, 3.8) is 0 Å². The number of hydrogen-bond donors (Lipinski definition) is 2. The standard InChI is InChI=1S/C23H23N5O3S/c1-14-10-18(12-19(25-14)15(2)29)21-20(17-5-3-4-16(11-17)13-24)26-22(32-21)27-23(30)28-6-8-31-9-7-28/h3-5,10-12,15,29H,6-9H2,1-2H3,(H,26,27,30)/t15-/m1/s1. The highest BCUT2D eigenvalue weighted by molar-refractivity contribution is 7.19. The van der Waals surface area contributed by atoms with Crippen LogP contribution in [0.25, 0.3) is 21.7 Å². The topological polar surface area (TPSA) is 111 Å². The Morgan fingerprint density at radius 3 is 2.75 bits per heavy atom. The Morgan fingerprint density at radius 2 is 2.03 bits per heavy atom. The number of morpholine rings is 1. The summed E-state index contributed by atoms with van der Waals surface area (Å²) in [6.07, 6.45) is -0.715. The number of nitrogens with one attached hydrogen (secondary N) is 1. The Hall–Kier alpha value is -3.32. The van der Waals surface area contributed by atoms with Gasteiger partial charge in [0, 0.05) is 24.3 Å². The molecule has 0 saturated carbocycles. The van der Waals surface area contributed by atoms with Gasteiger partial charge < -0.3 is 14.7 Å². The molecule has 1 atom stereocenters. The van der Waals surface area contributed by atoms with Crippen LogP contribution in [0.1, 0.15) is 30.0 Å². The summed E-state index contributed by atoms with van der Waals surface area (Å²) >= 11 is 1.35. The van der Waals surface area contributed by atoms with Gasteiger partial charge in [-0.15, -0.1) is 0 Å². The van der Waals surface area contributed by atoms with Gasteiger partial charge in [0.2, 0.25) is 0 Å². The molecule has 0 spiro atoms.